The summed E-state index contributed by atoms with van der Waals surface area (Å²) >= 11 is 0.904. The van der Waals surface area contributed by atoms with Gasteiger partial charge in [-0.3, -0.25) is 19.3 Å². The summed E-state index contributed by atoms with van der Waals surface area (Å²) in [6.07, 6.45) is 1.67. The van der Waals surface area contributed by atoms with Crippen molar-refractivity contribution in [2.24, 2.45) is 0 Å². The third-order valence-electron chi connectivity index (χ3n) is 5.36. The van der Waals surface area contributed by atoms with Crippen LogP contribution in [0.4, 0.5) is 10.5 Å². The van der Waals surface area contributed by atoms with E-state index in [-0.39, 0.29) is 36.8 Å². The van der Waals surface area contributed by atoms with Gasteiger partial charge in [-0.2, -0.15) is 0 Å². The lowest BCUT2D eigenvalue weighted by Crippen LogP contribution is -2.32. The Kier molecular flexibility index (Phi) is 8.07. The smallest absolute Gasteiger partial charge is 0.293 e. The Morgan fingerprint density at radius 3 is 2.11 bits per heavy atom. The molecule has 0 atom stereocenters. The number of ether oxygens (including phenoxy) is 2. The summed E-state index contributed by atoms with van der Waals surface area (Å²) in [5.41, 5.74) is 3.69. The molecule has 0 radical (unpaired) electrons. The van der Waals surface area contributed by atoms with Crippen LogP contribution < -0.4 is 14.8 Å². The van der Waals surface area contributed by atoms with Gasteiger partial charge in [-0.15, -0.1) is 0 Å². The van der Waals surface area contributed by atoms with Gasteiger partial charge in [-0.25, -0.2) is 0 Å². The number of carbonyl (C=O) groups excluding carboxylic acids is 3. The summed E-state index contributed by atoms with van der Waals surface area (Å²) in [5, 5.41) is 2.46. The van der Waals surface area contributed by atoms with Gasteiger partial charge in [0, 0.05) is 5.69 Å². The van der Waals surface area contributed by atoms with Crippen molar-refractivity contribution < 1.29 is 23.9 Å². The maximum absolute atomic E-state index is 12.7. The fraction of sp³-hybridized carbons (Fsp3) is 0.179. The van der Waals surface area contributed by atoms with E-state index in [0.29, 0.717) is 22.1 Å². The molecule has 0 saturated carbocycles. The van der Waals surface area contributed by atoms with E-state index in [1.54, 1.807) is 30.3 Å². The van der Waals surface area contributed by atoms with Crippen LogP contribution in [-0.4, -0.2) is 41.7 Å². The highest BCUT2D eigenvalue weighted by Crippen LogP contribution is 2.32. The summed E-state index contributed by atoms with van der Waals surface area (Å²) in [6, 6.07) is 22.1. The predicted octanol–water partition coefficient (Wildman–Crippen LogP) is 5.44. The molecule has 3 amide bonds. The van der Waals surface area contributed by atoms with E-state index in [1.807, 2.05) is 62.4 Å². The topological polar surface area (TPSA) is 84.9 Å². The van der Waals surface area contributed by atoms with Gasteiger partial charge < -0.3 is 14.8 Å². The van der Waals surface area contributed by atoms with E-state index in [0.717, 1.165) is 28.5 Å². The number of amides is 3. The number of hydrogen-bond acceptors (Lipinski definition) is 6. The van der Waals surface area contributed by atoms with Crippen LogP contribution in [0.1, 0.15) is 16.7 Å². The first-order chi connectivity index (χ1) is 17.4. The Labute approximate surface area is 214 Å². The van der Waals surface area contributed by atoms with Gasteiger partial charge in [-0.1, -0.05) is 47.5 Å². The molecule has 1 aliphatic rings. The molecule has 3 aromatic rings. The SMILES string of the molecule is Cc1ccc(NC(=O)COc2ccc(/C=C3\SC(=O)N(CCOc4ccc(C)cc4)C3=O)cc2)cc1. The van der Waals surface area contributed by atoms with Gasteiger partial charge in [0.1, 0.15) is 18.1 Å². The van der Waals surface area contributed by atoms with Crippen LogP contribution in [0.15, 0.2) is 77.7 Å². The molecule has 3 aromatic carbocycles. The van der Waals surface area contributed by atoms with Crippen molar-refractivity contribution in [2.75, 3.05) is 25.1 Å². The van der Waals surface area contributed by atoms with Crippen LogP contribution in [-0.2, 0) is 9.59 Å². The Morgan fingerprint density at radius 2 is 1.44 bits per heavy atom. The van der Waals surface area contributed by atoms with Crippen molar-refractivity contribution in [1.29, 1.82) is 0 Å². The van der Waals surface area contributed by atoms with Gasteiger partial charge in [0.25, 0.3) is 17.1 Å². The van der Waals surface area contributed by atoms with Gasteiger partial charge in [0.15, 0.2) is 6.61 Å². The second-order valence-corrected chi connectivity index (χ2v) is 9.26. The summed E-state index contributed by atoms with van der Waals surface area (Å²) in [6.45, 7) is 4.23. The maximum atomic E-state index is 12.7. The fourth-order valence-electron chi connectivity index (χ4n) is 3.38. The average molecular weight is 503 g/mol. The summed E-state index contributed by atoms with van der Waals surface area (Å²) in [7, 11) is 0. The van der Waals surface area contributed by atoms with Crippen LogP contribution >= 0.6 is 11.8 Å². The van der Waals surface area contributed by atoms with E-state index < -0.39 is 0 Å². The van der Waals surface area contributed by atoms with E-state index in [1.165, 1.54) is 4.90 Å². The van der Waals surface area contributed by atoms with Crippen LogP contribution in [0.2, 0.25) is 0 Å². The number of imide groups is 1. The molecular formula is C28H26N2O5S. The number of thioether (sulfide) groups is 1. The highest BCUT2D eigenvalue weighted by Gasteiger charge is 2.34. The minimum atomic E-state index is -0.342. The zero-order chi connectivity index (χ0) is 25.5. The maximum Gasteiger partial charge on any atom is 0.293 e. The number of nitrogens with zero attached hydrogens (tertiary/aromatic N) is 1. The second-order valence-electron chi connectivity index (χ2n) is 8.27. The molecule has 1 heterocycles. The standard InChI is InChI=1S/C28H26N2O5S/c1-19-3-9-22(10-4-19)29-26(31)18-35-24-13-7-21(8-14-24)17-25-27(32)30(28(33)36-25)15-16-34-23-11-5-20(2)6-12-23/h3-14,17H,15-16,18H2,1-2H3,(H,29,31)/b25-17-. The van der Waals surface area contributed by atoms with Crippen LogP contribution in [0, 0.1) is 13.8 Å². The molecule has 0 aliphatic carbocycles. The van der Waals surface area contributed by atoms with E-state index in [4.69, 9.17) is 9.47 Å². The molecule has 4 rings (SSSR count). The zero-order valence-electron chi connectivity index (χ0n) is 20.0. The minimum absolute atomic E-state index is 0.128. The first-order valence-electron chi connectivity index (χ1n) is 11.4. The number of hydrogen-bond donors (Lipinski definition) is 1. The van der Waals surface area contributed by atoms with Gasteiger partial charge in [-0.05, 0) is 73.6 Å². The minimum Gasteiger partial charge on any atom is -0.492 e. The Balaban J connectivity index is 1.27. The van der Waals surface area contributed by atoms with E-state index >= 15 is 0 Å². The molecule has 1 saturated heterocycles. The normalized spacial score (nSPS) is 14.3. The number of anilines is 1. The molecule has 0 aromatic heterocycles. The van der Waals surface area contributed by atoms with Crippen LogP contribution in [0.5, 0.6) is 11.5 Å². The van der Waals surface area contributed by atoms with Crippen molar-refractivity contribution in [3.8, 4) is 11.5 Å². The highest BCUT2D eigenvalue weighted by molar-refractivity contribution is 8.18. The number of rotatable bonds is 9. The second kappa shape index (κ2) is 11.6. The number of benzene rings is 3. The molecular weight excluding hydrogens is 476 g/mol. The van der Waals surface area contributed by atoms with Gasteiger partial charge in [0.2, 0.25) is 0 Å². The molecule has 184 valence electrons. The number of carbonyl (C=O) groups is 3. The van der Waals surface area contributed by atoms with Crippen molar-refractivity contribution in [2.45, 2.75) is 13.8 Å². The Morgan fingerprint density at radius 1 is 0.861 bits per heavy atom. The summed E-state index contributed by atoms with van der Waals surface area (Å²) in [5.74, 6) is 0.610. The first-order valence-corrected chi connectivity index (χ1v) is 12.2. The van der Waals surface area contributed by atoms with Crippen molar-refractivity contribution in [3.63, 3.8) is 0 Å². The van der Waals surface area contributed by atoms with Crippen molar-refractivity contribution in [3.05, 3.63) is 94.4 Å². The molecule has 36 heavy (non-hydrogen) atoms. The predicted molar refractivity (Wildman–Crippen MR) is 141 cm³/mol. The third-order valence-corrected chi connectivity index (χ3v) is 6.27. The first kappa shape index (κ1) is 25.1. The molecule has 7 nitrogen and oxygen atoms in total. The third kappa shape index (κ3) is 6.76. The summed E-state index contributed by atoms with van der Waals surface area (Å²) < 4.78 is 11.2. The fourth-order valence-corrected chi connectivity index (χ4v) is 4.24. The Hall–Kier alpha value is -4.04. The van der Waals surface area contributed by atoms with Gasteiger partial charge >= 0.3 is 0 Å². The number of nitrogens with one attached hydrogen (secondary N) is 1. The van der Waals surface area contributed by atoms with Crippen molar-refractivity contribution >= 4 is 40.6 Å². The quantitative estimate of drug-likeness (QED) is 0.393. The zero-order valence-corrected chi connectivity index (χ0v) is 20.8. The molecule has 1 aliphatic heterocycles. The van der Waals surface area contributed by atoms with Gasteiger partial charge in [0.05, 0.1) is 11.4 Å². The van der Waals surface area contributed by atoms with Crippen LogP contribution in [0.3, 0.4) is 0 Å². The van der Waals surface area contributed by atoms with Crippen LogP contribution in [0.25, 0.3) is 6.08 Å². The molecule has 1 N–H and O–H groups in total. The largest absolute Gasteiger partial charge is 0.492 e. The molecule has 0 spiro atoms. The molecule has 1 fully saturated rings. The highest BCUT2D eigenvalue weighted by atomic mass is 32.2. The molecule has 0 bridgehead atoms. The van der Waals surface area contributed by atoms with E-state index in [2.05, 4.69) is 5.32 Å². The van der Waals surface area contributed by atoms with Crippen molar-refractivity contribution in [1.82, 2.24) is 4.90 Å². The lowest BCUT2D eigenvalue weighted by atomic mass is 10.2. The lowest BCUT2D eigenvalue weighted by Gasteiger charge is -2.13. The monoisotopic (exact) mass is 502 g/mol. The number of aryl methyl sites for hydroxylation is 2. The summed E-state index contributed by atoms with van der Waals surface area (Å²) in [4.78, 5) is 38.7. The molecule has 0 unspecified atom stereocenters. The van der Waals surface area contributed by atoms with E-state index in [9.17, 15) is 14.4 Å². The molecule has 8 heteroatoms. The Bertz CT molecular complexity index is 1270. The average Bonchev–Trinajstić information content (AvgIpc) is 3.13. The lowest BCUT2D eigenvalue weighted by molar-refractivity contribution is -0.123.